The number of sulfonamides is 1. The van der Waals surface area contributed by atoms with E-state index in [9.17, 15) is 13.2 Å². The first-order valence-corrected chi connectivity index (χ1v) is 11.5. The van der Waals surface area contributed by atoms with Crippen LogP contribution in [0.3, 0.4) is 0 Å². The number of benzene rings is 2. The predicted molar refractivity (Wildman–Crippen MR) is 115 cm³/mol. The van der Waals surface area contributed by atoms with Crippen LogP contribution in [-0.4, -0.2) is 62.9 Å². The maximum absolute atomic E-state index is 13.0. The summed E-state index contributed by atoms with van der Waals surface area (Å²) in [6.07, 6.45) is -0.352. The molecule has 1 aliphatic heterocycles. The molecule has 7 nitrogen and oxygen atoms in total. The van der Waals surface area contributed by atoms with Crippen molar-refractivity contribution in [3.63, 3.8) is 0 Å². The van der Waals surface area contributed by atoms with Crippen LogP contribution in [0.1, 0.15) is 24.2 Å². The van der Waals surface area contributed by atoms with Crippen LogP contribution < -0.4 is 9.47 Å². The molecule has 3 rings (SSSR count). The summed E-state index contributed by atoms with van der Waals surface area (Å²) >= 11 is 6.23. The van der Waals surface area contributed by atoms with Gasteiger partial charge in [0.1, 0.15) is 6.61 Å². The van der Waals surface area contributed by atoms with Crippen LogP contribution in [0.4, 0.5) is 0 Å². The van der Waals surface area contributed by atoms with Gasteiger partial charge in [-0.3, -0.25) is 4.79 Å². The zero-order chi connectivity index (χ0) is 21.9. The number of carbonyl (C=O) groups is 1. The fourth-order valence-corrected chi connectivity index (χ4v) is 4.97. The van der Waals surface area contributed by atoms with Crippen molar-refractivity contribution in [3.8, 4) is 11.5 Å². The van der Waals surface area contributed by atoms with Crippen LogP contribution in [-0.2, 0) is 10.0 Å². The topological polar surface area (TPSA) is 76.2 Å². The first-order valence-electron chi connectivity index (χ1n) is 9.71. The standard InChI is InChI=1S/C21H25ClN2O5S/c1-4-24(5-2)30(26,27)16-10-11-18(22)17(12-16)21(25)23(3)13-15-14-28-19-8-6-7-9-20(19)29-15/h6-12,15H,4-5,13-14H2,1-3H3. The molecule has 9 heteroatoms. The highest BCUT2D eigenvalue weighted by molar-refractivity contribution is 7.89. The molecule has 1 aliphatic rings. The lowest BCUT2D eigenvalue weighted by Gasteiger charge is -2.29. The summed E-state index contributed by atoms with van der Waals surface area (Å²) in [4.78, 5) is 14.5. The molecule has 0 bridgehead atoms. The number of halogens is 1. The van der Waals surface area contributed by atoms with Gasteiger partial charge in [0.05, 0.1) is 22.0 Å². The second-order valence-corrected chi connectivity index (χ2v) is 9.26. The van der Waals surface area contributed by atoms with E-state index in [2.05, 4.69) is 0 Å². The monoisotopic (exact) mass is 452 g/mol. The number of hydrogen-bond donors (Lipinski definition) is 0. The molecule has 0 aromatic heterocycles. The van der Waals surface area contributed by atoms with Crippen molar-refractivity contribution < 1.29 is 22.7 Å². The van der Waals surface area contributed by atoms with E-state index in [0.29, 0.717) is 31.2 Å². The number of carbonyl (C=O) groups excluding carboxylic acids is 1. The molecule has 0 N–H and O–H groups in total. The summed E-state index contributed by atoms with van der Waals surface area (Å²) in [7, 11) is -2.08. The van der Waals surface area contributed by atoms with Gasteiger partial charge in [-0.1, -0.05) is 37.6 Å². The van der Waals surface area contributed by atoms with Gasteiger partial charge in [-0.2, -0.15) is 4.31 Å². The summed E-state index contributed by atoms with van der Waals surface area (Å²) in [6.45, 7) is 4.77. The van der Waals surface area contributed by atoms with Gasteiger partial charge in [-0.05, 0) is 30.3 Å². The lowest BCUT2D eigenvalue weighted by Crippen LogP contribution is -2.42. The number of nitrogens with zero attached hydrogens (tertiary/aromatic N) is 2. The van der Waals surface area contributed by atoms with Gasteiger partial charge in [-0.25, -0.2) is 8.42 Å². The Kier molecular flexibility index (Phi) is 6.90. The smallest absolute Gasteiger partial charge is 0.255 e. The van der Waals surface area contributed by atoms with Crippen molar-refractivity contribution in [2.45, 2.75) is 24.8 Å². The molecule has 162 valence electrons. The molecule has 30 heavy (non-hydrogen) atoms. The zero-order valence-electron chi connectivity index (χ0n) is 17.2. The number of ether oxygens (including phenoxy) is 2. The van der Waals surface area contributed by atoms with E-state index in [4.69, 9.17) is 21.1 Å². The van der Waals surface area contributed by atoms with Crippen LogP contribution in [0, 0.1) is 0 Å². The van der Waals surface area contributed by atoms with Gasteiger partial charge < -0.3 is 14.4 Å². The second kappa shape index (κ2) is 9.24. The van der Waals surface area contributed by atoms with Gasteiger partial charge in [-0.15, -0.1) is 0 Å². The fraction of sp³-hybridized carbons (Fsp3) is 0.381. The van der Waals surface area contributed by atoms with Crippen molar-refractivity contribution in [1.29, 1.82) is 0 Å². The predicted octanol–water partition coefficient (Wildman–Crippen LogP) is 3.28. The fourth-order valence-electron chi connectivity index (χ4n) is 3.29. The van der Waals surface area contributed by atoms with Gasteiger partial charge in [0.25, 0.3) is 5.91 Å². The molecule has 1 amide bonds. The molecule has 1 unspecified atom stereocenters. The lowest BCUT2D eigenvalue weighted by molar-refractivity contribution is 0.0521. The molecule has 0 saturated heterocycles. The van der Waals surface area contributed by atoms with Gasteiger partial charge >= 0.3 is 0 Å². The van der Waals surface area contributed by atoms with E-state index in [0.717, 1.165) is 0 Å². The molecular formula is C21H25ClN2O5S. The third-order valence-electron chi connectivity index (χ3n) is 4.90. The SMILES string of the molecule is CCN(CC)S(=O)(=O)c1ccc(Cl)c(C(=O)N(C)CC2COc3ccccc3O2)c1. The molecule has 0 aliphatic carbocycles. The van der Waals surface area contributed by atoms with Gasteiger partial charge in [0.2, 0.25) is 10.0 Å². The minimum absolute atomic E-state index is 0.0403. The van der Waals surface area contributed by atoms with Crippen molar-refractivity contribution in [3.05, 3.63) is 53.1 Å². The maximum Gasteiger partial charge on any atom is 0.255 e. The second-order valence-electron chi connectivity index (χ2n) is 6.91. The highest BCUT2D eigenvalue weighted by Crippen LogP contribution is 2.31. The molecule has 1 atom stereocenters. The Morgan fingerprint density at radius 3 is 2.47 bits per heavy atom. The Balaban J connectivity index is 1.78. The summed E-state index contributed by atoms with van der Waals surface area (Å²) in [5, 5.41) is 0.191. The molecule has 0 fully saturated rings. The first-order chi connectivity index (χ1) is 14.3. The van der Waals surface area contributed by atoms with Gasteiger partial charge in [0.15, 0.2) is 17.6 Å². The van der Waals surface area contributed by atoms with E-state index in [1.54, 1.807) is 20.9 Å². The van der Waals surface area contributed by atoms with Gasteiger partial charge in [0, 0.05) is 20.1 Å². The molecule has 1 heterocycles. The van der Waals surface area contributed by atoms with Crippen molar-refractivity contribution in [1.82, 2.24) is 9.21 Å². The third-order valence-corrected chi connectivity index (χ3v) is 7.28. The normalized spacial score (nSPS) is 15.8. The number of rotatable bonds is 7. The van der Waals surface area contributed by atoms with Crippen LogP contribution >= 0.6 is 11.6 Å². The Hall–Kier alpha value is -2.29. The Morgan fingerprint density at radius 2 is 1.80 bits per heavy atom. The van der Waals surface area contributed by atoms with E-state index in [1.807, 2.05) is 24.3 Å². The number of hydrogen-bond acceptors (Lipinski definition) is 5. The molecule has 0 radical (unpaired) electrons. The van der Waals surface area contributed by atoms with Crippen LogP contribution in [0.25, 0.3) is 0 Å². The van der Waals surface area contributed by atoms with E-state index in [-0.39, 0.29) is 34.0 Å². The number of para-hydroxylation sites is 2. The van der Waals surface area contributed by atoms with Crippen LogP contribution in [0.15, 0.2) is 47.4 Å². The zero-order valence-corrected chi connectivity index (χ0v) is 18.7. The Morgan fingerprint density at radius 1 is 1.13 bits per heavy atom. The summed E-state index contributed by atoms with van der Waals surface area (Å²) in [6, 6.07) is 11.5. The van der Waals surface area contributed by atoms with Crippen LogP contribution in [0.2, 0.25) is 5.02 Å². The molecule has 2 aromatic rings. The van der Waals surface area contributed by atoms with Crippen molar-refractivity contribution in [2.24, 2.45) is 0 Å². The van der Waals surface area contributed by atoms with E-state index in [1.165, 1.54) is 27.4 Å². The average molecular weight is 453 g/mol. The van der Waals surface area contributed by atoms with Crippen molar-refractivity contribution in [2.75, 3.05) is 33.3 Å². The maximum atomic E-state index is 13.0. The van der Waals surface area contributed by atoms with E-state index < -0.39 is 10.0 Å². The lowest BCUT2D eigenvalue weighted by atomic mass is 10.2. The number of likely N-dealkylation sites (N-methyl/N-ethyl adjacent to an activating group) is 1. The minimum Gasteiger partial charge on any atom is -0.486 e. The van der Waals surface area contributed by atoms with Crippen LogP contribution in [0.5, 0.6) is 11.5 Å². The highest BCUT2D eigenvalue weighted by atomic mass is 35.5. The quantitative estimate of drug-likeness (QED) is 0.644. The largest absolute Gasteiger partial charge is 0.486 e. The number of amides is 1. The highest BCUT2D eigenvalue weighted by Gasteiger charge is 2.27. The molecule has 0 saturated carbocycles. The third kappa shape index (κ3) is 4.55. The first kappa shape index (κ1) is 22.4. The Bertz CT molecular complexity index is 1020. The number of fused-ring (bicyclic) bond motifs is 1. The molecule has 2 aromatic carbocycles. The summed E-state index contributed by atoms with van der Waals surface area (Å²) < 4.78 is 38.5. The summed E-state index contributed by atoms with van der Waals surface area (Å²) in [5.74, 6) is 0.902. The average Bonchev–Trinajstić information content (AvgIpc) is 2.74. The molecular weight excluding hydrogens is 428 g/mol. The Labute approximate surface area is 182 Å². The minimum atomic E-state index is -3.70. The van der Waals surface area contributed by atoms with Crippen molar-refractivity contribution >= 4 is 27.5 Å². The van der Waals surface area contributed by atoms with E-state index >= 15 is 0 Å². The molecule has 0 spiro atoms. The summed E-state index contributed by atoms with van der Waals surface area (Å²) in [5.41, 5.74) is 0.129.